The molecule has 4 atom stereocenters. The second-order valence-electron chi connectivity index (χ2n) is 13.5. The van der Waals surface area contributed by atoms with E-state index in [1.807, 2.05) is 86.5 Å². The van der Waals surface area contributed by atoms with Crippen molar-refractivity contribution < 1.29 is 20.8 Å². The van der Waals surface area contributed by atoms with Crippen molar-refractivity contribution in [3.8, 4) is 0 Å². The first-order chi connectivity index (χ1) is 27.0. The number of azo groups is 2. The van der Waals surface area contributed by atoms with Gasteiger partial charge in [0.2, 0.25) is 0 Å². The summed E-state index contributed by atoms with van der Waals surface area (Å²) in [5.74, 6) is 0. The van der Waals surface area contributed by atoms with Gasteiger partial charge in [0.25, 0.3) is 0 Å². The van der Waals surface area contributed by atoms with Crippen molar-refractivity contribution in [2.75, 3.05) is 65.2 Å². The summed E-state index contributed by atoms with van der Waals surface area (Å²) in [5, 5.41) is 29.4. The molecule has 2 heterocycles. The summed E-state index contributed by atoms with van der Waals surface area (Å²) in [6.45, 7) is 1.86. The van der Waals surface area contributed by atoms with Crippen LogP contribution in [0.15, 0.2) is 128 Å². The molecular weight excluding hydrogens is 903 g/mol. The number of hydrogen-bond acceptors (Lipinski definition) is 10. The minimum atomic E-state index is -3.36. The number of rotatable bonds is 12. The van der Waals surface area contributed by atoms with Crippen LogP contribution in [-0.4, -0.2) is 90.4 Å². The van der Waals surface area contributed by atoms with E-state index >= 15 is 0 Å². The summed E-state index contributed by atoms with van der Waals surface area (Å²) in [7, 11) is 28.8. The molecule has 0 spiro atoms. The van der Waals surface area contributed by atoms with Gasteiger partial charge in [-0.05, 0) is 96.8 Å². The van der Waals surface area contributed by atoms with Crippen molar-refractivity contribution >= 4 is 97.4 Å². The van der Waals surface area contributed by atoms with Gasteiger partial charge in [-0.1, -0.05) is 57.7 Å². The van der Waals surface area contributed by atoms with E-state index in [4.69, 9.17) is 62.0 Å². The van der Waals surface area contributed by atoms with Crippen LogP contribution in [0.1, 0.15) is 11.1 Å². The Bertz CT molecular complexity index is 1760. The summed E-state index contributed by atoms with van der Waals surface area (Å²) < 4.78 is 0. The van der Waals surface area contributed by atoms with Crippen LogP contribution in [0.25, 0.3) is 0 Å². The Hall–Kier alpha value is -3.10. The fourth-order valence-electron chi connectivity index (χ4n) is 5.49. The molecule has 0 amide bonds. The fourth-order valence-corrected chi connectivity index (χ4v) is 5.74. The molecule has 0 aromatic heterocycles. The SMILES string of the molecule is CN(CCc1ccc(Cl)cc1)c1ccc(N=NC2N(C)C=N[NH+]2C)cc1.CN(CCc1ccc(Cl)cc1)c1ccc(N=NC2N(C)C=N[NH+]2C)cc1.[Cl][Zn-2]([Cl])([Cl])[Cl]. The molecule has 4 unspecified atom stereocenters. The molecule has 0 saturated carbocycles. The average Bonchev–Trinajstić information content (AvgIpc) is 3.69. The van der Waals surface area contributed by atoms with Crippen LogP contribution in [0.4, 0.5) is 22.7 Å². The predicted molar refractivity (Wildman–Crippen MR) is 236 cm³/mol. The van der Waals surface area contributed by atoms with Crippen molar-refractivity contribution in [2.24, 2.45) is 30.7 Å². The van der Waals surface area contributed by atoms with E-state index in [1.54, 1.807) is 12.7 Å². The molecule has 6 rings (SSSR count). The number of nitrogens with one attached hydrogen (secondary N) is 2. The second kappa shape index (κ2) is 22.9. The van der Waals surface area contributed by atoms with Crippen LogP contribution >= 0.6 is 62.0 Å². The fraction of sp³-hybridized carbons (Fsp3) is 0.316. The molecule has 0 saturated heterocycles. The number of anilines is 2. The number of hydrogen-bond donors (Lipinski definition) is 2. The molecule has 19 heteroatoms. The van der Waals surface area contributed by atoms with Crippen LogP contribution in [0.2, 0.25) is 10.0 Å². The maximum absolute atomic E-state index is 5.93. The summed E-state index contributed by atoms with van der Waals surface area (Å²) in [5.41, 5.74) is 6.55. The van der Waals surface area contributed by atoms with Gasteiger partial charge in [-0.2, -0.15) is 10.0 Å². The molecule has 4 aromatic rings. The molecule has 2 aliphatic rings. The zero-order valence-corrected chi connectivity index (χ0v) is 40.3. The van der Waals surface area contributed by atoms with E-state index in [-0.39, 0.29) is 12.6 Å². The van der Waals surface area contributed by atoms with Crippen LogP contribution in [0, 0.1) is 0 Å². The Balaban J connectivity index is 0.000000226. The van der Waals surface area contributed by atoms with Gasteiger partial charge in [-0.25, -0.2) is 0 Å². The van der Waals surface area contributed by atoms with Crippen molar-refractivity contribution in [2.45, 2.75) is 25.4 Å². The monoisotopic (exact) mass is 946 g/mol. The van der Waals surface area contributed by atoms with Gasteiger partial charge >= 0.3 is 62.2 Å². The van der Waals surface area contributed by atoms with Crippen LogP contribution in [-0.2, 0) is 23.7 Å². The molecule has 0 bridgehead atoms. The van der Waals surface area contributed by atoms with Crippen LogP contribution in [0.3, 0.4) is 0 Å². The van der Waals surface area contributed by atoms with E-state index in [2.05, 4.69) is 103 Å². The molecule has 0 aliphatic carbocycles. The van der Waals surface area contributed by atoms with E-state index in [9.17, 15) is 0 Å². The second-order valence-corrected chi connectivity index (χ2v) is 42.1. The maximum atomic E-state index is 5.93. The quantitative estimate of drug-likeness (QED) is 0.110. The molecule has 2 N–H and O–H groups in total. The Kier molecular flexibility index (Phi) is 18.7. The van der Waals surface area contributed by atoms with Gasteiger partial charge in [0.05, 0.1) is 25.5 Å². The summed E-state index contributed by atoms with van der Waals surface area (Å²) in [6.07, 6.45) is 5.29. The summed E-state index contributed by atoms with van der Waals surface area (Å²) in [6, 6.07) is 32.3. The third-order valence-electron chi connectivity index (χ3n) is 8.85. The van der Waals surface area contributed by atoms with Gasteiger partial charge in [0, 0.05) is 62.7 Å². The first kappa shape index (κ1) is 46.6. The van der Waals surface area contributed by atoms with Gasteiger partial charge in [0.1, 0.15) is 0 Å². The molecule has 0 fully saturated rings. The van der Waals surface area contributed by atoms with Gasteiger partial charge in [0.15, 0.2) is 12.7 Å². The minimum absolute atomic E-state index is 0.100. The van der Waals surface area contributed by atoms with E-state index in [0.717, 1.165) is 68.7 Å². The normalized spacial score (nSPS) is 18.8. The van der Waals surface area contributed by atoms with E-state index < -0.39 is 10.8 Å². The zero-order valence-electron chi connectivity index (χ0n) is 32.8. The Morgan fingerprint density at radius 2 is 0.895 bits per heavy atom. The third kappa shape index (κ3) is 16.6. The average molecular weight is 951 g/mol. The van der Waals surface area contributed by atoms with Gasteiger partial charge in [-0.15, -0.1) is 20.5 Å². The Morgan fingerprint density at radius 1 is 0.579 bits per heavy atom. The van der Waals surface area contributed by atoms with E-state index in [0.29, 0.717) is 0 Å². The predicted octanol–water partition coefficient (Wildman–Crippen LogP) is 8.33. The molecule has 2 aliphatic heterocycles. The summed E-state index contributed by atoms with van der Waals surface area (Å²) >= 11 is 11.9. The van der Waals surface area contributed by atoms with Crippen molar-refractivity contribution in [3.05, 3.63) is 118 Å². The van der Waals surface area contributed by atoms with Gasteiger partial charge in [-0.3, -0.25) is 9.80 Å². The number of likely N-dealkylation sites (N-methyl/N-ethyl adjacent to an activating group) is 2. The first-order valence-electron chi connectivity index (χ1n) is 18.2. The molecule has 12 nitrogen and oxygen atoms in total. The Morgan fingerprint density at radius 3 is 1.18 bits per heavy atom. The summed E-state index contributed by atoms with van der Waals surface area (Å²) in [4.78, 5) is 8.34. The topological polar surface area (TPSA) is 96.0 Å². The molecule has 4 aromatic carbocycles. The number of quaternary nitrogens is 2. The number of benzene rings is 4. The van der Waals surface area contributed by atoms with Crippen LogP contribution < -0.4 is 19.8 Å². The molecule has 304 valence electrons. The molecular formula is C38H48Cl6N12Zn. The number of nitrogens with zero attached hydrogens (tertiary/aromatic N) is 10. The number of halogens is 6. The van der Waals surface area contributed by atoms with Crippen molar-refractivity contribution in [1.82, 2.24) is 9.80 Å². The molecule has 57 heavy (non-hydrogen) atoms. The van der Waals surface area contributed by atoms with Crippen molar-refractivity contribution in [1.29, 1.82) is 0 Å². The third-order valence-corrected chi connectivity index (χ3v) is 9.35. The molecule has 0 radical (unpaired) electrons. The van der Waals surface area contributed by atoms with E-state index in [1.165, 1.54) is 11.1 Å². The Labute approximate surface area is 364 Å². The zero-order chi connectivity index (χ0) is 41.5. The van der Waals surface area contributed by atoms with Crippen LogP contribution in [0.5, 0.6) is 0 Å². The van der Waals surface area contributed by atoms with Crippen molar-refractivity contribution in [3.63, 3.8) is 0 Å². The van der Waals surface area contributed by atoms with Gasteiger partial charge < -0.3 is 9.80 Å². The standard InChI is InChI=1S/2C19H23ClN6.4ClH.Zn/c2*1-24(13-12-15-4-6-16(20)7-5-15)18-10-8-17(9-11-18)22-23-19-25(2)14-21-26(19)3;;;;;/h2*4-11,14,19H,12-13H2,1-3H3;4*1H;/q;;;;;;+2/p-2. The first-order valence-corrected chi connectivity index (χ1v) is 34.6.